The average molecular weight is 270 g/mol. The molecular formula is C14H14N4S. The Morgan fingerprint density at radius 1 is 1.16 bits per heavy atom. The van der Waals surface area contributed by atoms with Crippen LogP contribution in [0, 0.1) is 0 Å². The first-order valence-electron chi connectivity index (χ1n) is 6.01. The van der Waals surface area contributed by atoms with E-state index in [-0.39, 0.29) is 0 Å². The first-order valence-corrected chi connectivity index (χ1v) is 6.89. The van der Waals surface area contributed by atoms with Gasteiger partial charge in [-0.15, -0.1) is 16.4 Å². The molecule has 3 aromatic rings. The molecule has 0 fully saturated rings. The number of aromatic nitrogens is 3. The zero-order valence-electron chi connectivity index (χ0n) is 10.8. The SMILES string of the molecule is CNc1ccccc1-c1nc(-c2cccs2)nn1C. The summed E-state index contributed by atoms with van der Waals surface area (Å²) in [6.07, 6.45) is 0. The van der Waals surface area contributed by atoms with E-state index in [4.69, 9.17) is 0 Å². The van der Waals surface area contributed by atoms with E-state index in [9.17, 15) is 0 Å². The first-order chi connectivity index (χ1) is 9.29. The van der Waals surface area contributed by atoms with E-state index >= 15 is 0 Å². The molecule has 1 N–H and O–H groups in total. The van der Waals surface area contributed by atoms with E-state index in [1.807, 2.05) is 60.6 Å². The molecule has 0 radical (unpaired) electrons. The summed E-state index contributed by atoms with van der Waals surface area (Å²) in [4.78, 5) is 5.74. The van der Waals surface area contributed by atoms with Crippen molar-refractivity contribution >= 4 is 17.0 Å². The molecule has 0 atom stereocenters. The molecule has 19 heavy (non-hydrogen) atoms. The van der Waals surface area contributed by atoms with Gasteiger partial charge < -0.3 is 5.32 Å². The number of thiophene rings is 1. The molecule has 0 aliphatic carbocycles. The van der Waals surface area contributed by atoms with Crippen LogP contribution in [0.3, 0.4) is 0 Å². The Bertz CT molecular complexity index is 685. The number of hydrogen-bond donors (Lipinski definition) is 1. The number of benzene rings is 1. The zero-order chi connectivity index (χ0) is 13.2. The molecule has 1 aromatic carbocycles. The fraction of sp³-hybridized carbons (Fsp3) is 0.143. The van der Waals surface area contributed by atoms with E-state index in [0.717, 1.165) is 27.8 Å². The van der Waals surface area contributed by atoms with Gasteiger partial charge in [0.15, 0.2) is 11.6 Å². The monoisotopic (exact) mass is 270 g/mol. The number of nitrogens with one attached hydrogen (secondary N) is 1. The number of hydrogen-bond acceptors (Lipinski definition) is 4. The molecule has 2 heterocycles. The van der Waals surface area contributed by atoms with Crippen LogP contribution in [0.4, 0.5) is 5.69 Å². The van der Waals surface area contributed by atoms with Gasteiger partial charge in [-0.05, 0) is 23.6 Å². The van der Waals surface area contributed by atoms with E-state index in [1.54, 1.807) is 11.3 Å². The van der Waals surface area contributed by atoms with Crippen molar-refractivity contribution in [2.45, 2.75) is 0 Å². The number of aryl methyl sites for hydroxylation is 1. The van der Waals surface area contributed by atoms with E-state index in [0.29, 0.717) is 0 Å². The molecule has 0 amide bonds. The van der Waals surface area contributed by atoms with E-state index < -0.39 is 0 Å². The van der Waals surface area contributed by atoms with Gasteiger partial charge in [-0.25, -0.2) is 9.67 Å². The second kappa shape index (κ2) is 4.85. The number of para-hydroxylation sites is 1. The third-order valence-electron chi connectivity index (χ3n) is 2.94. The summed E-state index contributed by atoms with van der Waals surface area (Å²) in [6, 6.07) is 12.1. The van der Waals surface area contributed by atoms with Crippen LogP contribution in [0.2, 0.25) is 0 Å². The van der Waals surface area contributed by atoms with Gasteiger partial charge in [0.25, 0.3) is 0 Å². The Morgan fingerprint density at radius 2 is 2.00 bits per heavy atom. The maximum Gasteiger partial charge on any atom is 0.191 e. The van der Waals surface area contributed by atoms with Gasteiger partial charge in [0.2, 0.25) is 0 Å². The Morgan fingerprint density at radius 3 is 2.74 bits per heavy atom. The lowest BCUT2D eigenvalue weighted by Gasteiger charge is -2.07. The summed E-state index contributed by atoms with van der Waals surface area (Å²) in [7, 11) is 3.83. The van der Waals surface area contributed by atoms with Gasteiger partial charge in [0, 0.05) is 25.3 Å². The molecule has 0 saturated carbocycles. The van der Waals surface area contributed by atoms with Crippen LogP contribution >= 0.6 is 11.3 Å². The lowest BCUT2D eigenvalue weighted by atomic mass is 10.1. The van der Waals surface area contributed by atoms with Crippen LogP contribution in [-0.2, 0) is 7.05 Å². The third kappa shape index (κ3) is 2.13. The largest absolute Gasteiger partial charge is 0.388 e. The highest BCUT2D eigenvalue weighted by atomic mass is 32.1. The molecule has 0 saturated heterocycles. The molecule has 4 nitrogen and oxygen atoms in total. The lowest BCUT2D eigenvalue weighted by molar-refractivity contribution is 0.778. The summed E-state index contributed by atoms with van der Waals surface area (Å²) >= 11 is 1.65. The van der Waals surface area contributed by atoms with E-state index in [2.05, 4.69) is 15.4 Å². The maximum absolute atomic E-state index is 4.65. The van der Waals surface area contributed by atoms with Crippen molar-refractivity contribution in [3.05, 3.63) is 41.8 Å². The molecule has 2 aromatic heterocycles. The van der Waals surface area contributed by atoms with Crippen molar-refractivity contribution in [2.24, 2.45) is 7.05 Å². The Balaban J connectivity index is 2.11. The molecule has 3 rings (SSSR count). The van der Waals surface area contributed by atoms with Gasteiger partial charge in [-0.3, -0.25) is 0 Å². The first kappa shape index (κ1) is 11.9. The normalized spacial score (nSPS) is 10.6. The highest BCUT2D eigenvalue weighted by Crippen LogP contribution is 2.28. The molecule has 0 aliphatic rings. The third-order valence-corrected chi connectivity index (χ3v) is 3.81. The molecular weight excluding hydrogens is 256 g/mol. The van der Waals surface area contributed by atoms with Gasteiger partial charge in [0.1, 0.15) is 0 Å². The Labute approximate surface area is 115 Å². The quantitative estimate of drug-likeness (QED) is 0.794. The molecule has 0 spiro atoms. The number of anilines is 1. The van der Waals surface area contributed by atoms with Crippen molar-refractivity contribution in [2.75, 3.05) is 12.4 Å². The summed E-state index contributed by atoms with van der Waals surface area (Å²) in [5.74, 6) is 1.65. The Hall–Kier alpha value is -2.14. The molecule has 96 valence electrons. The van der Waals surface area contributed by atoms with E-state index in [1.165, 1.54) is 0 Å². The summed E-state index contributed by atoms with van der Waals surface area (Å²) in [5, 5.41) is 9.71. The van der Waals surface area contributed by atoms with Crippen LogP contribution in [0.5, 0.6) is 0 Å². The second-order valence-corrected chi connectivity index (χ2v) is 5.10. The second-order valence-electron chi connectivity index (χ2n) is 4.16. The van der Waals surface area contributed by atoms with Crippen molar-refractivity contribution in [1.29, 1.82) is 0 Å². The highest BCUT2D eigenvalue weighted by Gasteiger charge is 2.13. The van der Waals surface area contributed by atoms with Gasteiger partial charge in [0.05, 0.1) is 4.88 Å². The highest BCUT2D eigenvalue weighted by molar-refractivity contribution is 7.13. The van der Waals surface area contributed by atoms with Crippen molar-refractivity contribution in [3.8, 4) is 22.1 Å². The van der Waals surface area contributed by atoms with Gasteiger partial charge in [-0.2, -0.15) is 0 Å². The predicted octanol–water partition coefficient (Wildman–Crippen LogP) is 3.25. The molecule has 5 heteroatoms. The number of nitrogens with zero attached hydrogens (tertiary/aromatic N) is 3. The zero-order valence-corrected chi connectivity index (χ0v) is 11.6. The van der Waals surface area contributed by atoms with Crippen LogP contribution in [0.1, 0.15) is 0 Å². The standard InChI is InChI=1S/C14H14N4S/c1-15-11-7-4-3-6-10(11)14-16-13(17-18(14)2)12-8-5-9-19-12/h3-9,15H,1-2H3. The van der Waals surface area contributed by atoms with Crippen LogP contribution in [0.15, 0.2) is 41.8 Å². The van der Waals surface area contributed by atoms with Crippen LogP contribution in [-0.4, -0.2) is 21.8 Å². The van der Waals surface area contributed by atoms with Crippen molar-refractivity contribution < 1.29 is 0 Å². The number of rotatable bonds is 3. The minimum absolute atomic E-state index is 0.776. The van der Waals surface area contributed by atoms with Gasteiger partial charge in [-0.1, -0.05) is 18.2 Å². The average Bonchev–Trinajstić information content (AvgIpc) is 3.07. The summed E-state index contributed by atoms with van der Waals surface area (Å²) in [6.45, 7) is 0. The summed E-state index contributed by atoms with van der Waals surface area (Å²) < 4.78 is 1.82. The molecule has 0 bridgehead atoms. The fourth-order valence-corrected chi connectivity index (χ4v) is 2.68. The molecule has 0 aliphatic heterocycles. The molecule has 0 unspecified atom stereocenters. The van der Waals surface area contributed by atoms with Crippen molar-refractivity contribution in [1.82, 2.24) is 14.8 Å². The minimum atomic E-state index is 0.776. The van der Waals surface area contributed by atoms with Crippen LogP contribution in [0.25, 0.3) is 22.1 Å². The predicted molar refractivity (Wildman–Crippen MR) is 79.3 cm³/mol. The lowest BCUT2D eigenvalue weighted by Crippen LogP contribution is -1.98. The smallest absolute Gasteiger partial charge is 0.191 e. The fourth-order valence-electron chi connectivity index (χ4n) is 2.03. The Kier molecular flexibility index (Phi) is 3.05. The van der Waals surface area contributed by atoms with Crippen molar-refractivity contribution in [3.63, 3.8) is 0 Å². The topological polar surface area (TPSA) is 42.7 Å². The van der Waals surface area contributed by atoms with Gasteiger partial charge >= 0.3 is 0 Å². The summed E-state index contributed by atoms with van der Waals surface area (Å²) in [5.41, 5.74) is 2.11. The maximum atomic E-state index is 4.65. The van der Waals surface area contributed by atoms with Crippen LogP contribution < -0.4 is 5.32 Å². The minimum Gasteiger partial charge on any atom is -0.388 e.